The lowest BCUT2D eigenvalue weighted by molar-refractivity contribution is 0.123. The van der Waals surface area contributed by atoms with E-state index in [1.165, 1.54) is 6.07 Å². The Morgan fingerprint density at radius 3 is 2.59 bits per heavy atom. The van der Waals surface area contributed by atoms with Crippen molar-refractivity contribution in [2.45, 2.75) is 26.3 Å². The molecule has 0 fully saturated rings. The zero-order chi connectivity index (χ0) is 12.7. The molecule has 0 spiro atoms. The van der Waals surface area contributed by atoms with Crippen LogP contribution in [0.5, 0.6) is 0 Å². The smallest absolute Gasteiger partial charge is 0.159 e. The Kier molecular flexibility index (Phi) is 6.08. The Labute approximate surface area is 101 Å². The highest BCUT2D eigenvalue weighted by Crippen LogP contribution is 2.17. The van der Waals surface area contributed by atoms with Gasteiger partial charge < -0.3 is 10.1 Å². The summed E-state index contributed by atoms with van der Waals surface area (Å²) in [5, 5.41) is 3.25. The van der Waals surface area contributed by atoms with Crippen LogP contribution in [-0.2, 0) is 4.74 Å². The zero-order valence-corrected chi connectivity index (χ0v) is 10.3. The molecule has 0 bridgehead atoms. The summed E-state index contributed by atoms with van der Waals surface area (Å²) in [5.41, 5.74) is 0.714. The number of nitrogens with one attached hydrogen (secondary N) is 1. The second kappa shape index (κ2) is 7.35. The molecule has 1 unspecified atom stereocenters. The monoisotopic (exact) mass is 243 g/mol. The van der Waals surface area contributed by atoms with E-state index in [4.69, 9.17) is 4.74 Å². The van der Waals surface area contributed by atoms with Gasteiger partial charge in [-0.05, 0) is 37.6 Å². The molecule has 0 aromatic heterocycles. The number of rotatable bonds is 7. The number of benzene rings is 1. The summed E-state index contributed by atoms with van der Waals surface area (Å²) in [6.07, 6.45) is 0.978. The molecule has 0 aliphatic heterocycles. The lowest BCUT2D eigenvalue weighted by atomic mass is 10.1. The first kappa shape index (κ1) is 14.1. The highest BCUT2D eigenvalue weighted by molar-refractivity contribution is 5.21. The fourth-order valence-corrected chi connectivity index (χ4v) is 1.56. The predicted octanol–water partition coefficient (Wildman–Crippen LogP) is 3.04. The maximum atomic E-state index is 13.1. The van der Waals surface area contributed by atoms with E-state index in [1.807, 2.05) is 6.92 Å². The number of hydrogen-bond donors (Lipinski definition) is 1. The SMILES string of the molecule is CCCNC(COCC)c1ccc(F)c(F)c1. The van der Waals surface area contributed by atoms with Crippen molar-refractivity contribution < 1.29 is 13.5 Å². The van der Waals surface area contributed by atoms with Crippen LogP contribution >= 0.6 is 0 Å². The fraction of sp³-hybridized carbons (Fsp3) is 0.538. The molecule has 1 N–H and O–H groups in total. The van der Waals surface area contributed by atoms with Gasteiger partial charge in [0.25, 0.3) is 0 Å². The molecule has 2 nitrogen and oxygen atoms in total. The molecule has 0 amide bonds. The summed E-state index contributed by atoms with van der Waals surface area (Å²) in [6, 6.07) is 3.87. The Balaban J connectivity index is 2.75. The summed E-state index contributed by atoms with van der Waals surface area (Å²) >= 11 is 0. The van der Waals surface area contributed by atoms with Gasteiger partial charge in [-0.3, -0.25) is 0 Å². The largest absolute Gasteiger partial charge is 0.380 e. The number of halogens is 2. The molecule has 0 aliphatic carbocycles. The van der Waals surface area contributed by atoms with Crippen molar-refractivity contribution >= 4 is 0 Å². The van der Waals surface area contributed by atoms with Gasteiger partial charge in [0.15, 0.2) is 11.6 Å². The van der Waals surface area contributed by atoms with Crippen molar-refractivity contribution in [1.29, 1.82) is 0 Å². The van der Waals surface area contributed by atoms with Crippen molar-refractivity contribution in [3.63, 3.8) is 0 Å². The Morgan fingerprint density at radius 1 is 1.24 bits per heavy atom. The van der Waals surface area contributed by atoms with Crippen LogP contribution in [0.3, 0.4) is 0 Å². The van der Waals surface area contributed by atoms with Crippen LogP contribution in [-0.4, -0.2) is 19.8 Å². The third kappa shape index (κ3) is 4.40. The standard InChI is InChI=1S/C13H19F2NO/c1-3-7-16-13(9-17-4-2)10-5-6-11(14)12(15)8-10/h5-6,8,13,16H,3-4,7,9H2,1-2H3. The summed E-state index contributed by atoms with van der Waals surface area (Å²) in [4.78, 5) is 0. The van der Waals surface area contributed by atoms with E-state index >= 15 is 0 Å². The van der Waals surface area contributed by atoms with Crippen LogP contribution in [0.4, 0.5) is 8.78 Å². The summed E-state index contributed by atoms with van der Waals surface area (Å²) in [7, 11) is 0. The van der Waals surface area contributed by atoms with Crippen LogP contribution in [0, 0.1) is 11.6 Å². The van der Waals surface area contributed by atoms with Crippen molar-refractivity contribution in [2.24, 2.45) is 0 Å². The average Bonchev–Trinajstić information content (AvgIpc) is 2.33. The Hall–Kier alpha value is -1.00. The minimum absolute atomic E-state index is 0.0926. The lowest BCUT2D eigenvalue weighted by Gasteiger charge is -2.18. The lowest BCUT2D eigenvalue weighted by Crippen LogP contribution is -2.26. The highest BCUT2D eigenvalue weighted by atomic mass is 19.2. The molecule has 0 radical (unpaired) electrons. The minimum Gasteiger partial charge on any atom is -0.380 e. The zero-order valence-electron chi connectivity index (χ0n) is 10.3. The molecule has 1 atom stereocenters. The Bertz CT molecular complexity index is 336. The van der Waals surface area contributed by atoms with Crippen LogP contribution in [0.1, 0.15) is 31.9 Å². The first-order valence-electron chi connectivity index (χ1n) is 5.95. The average molecular weight is 243 g/mol. The molecule has 96 valence electrons. The minimum atomic E-state index is -0.820. The van der Waals surface area contributed by atoms with Gasteiger partial charge in [-0.15, -0.1) is 0 Å². The fourth-order valence-electron chi connectivity index (χ4n) is 1.56. The number of ether oxygens (including phenoxy) is 1. The van der Waals surface area contributed by atoms with Crippen LogP contribution < -0.4 is 5.32 Å². The third-order valence-electron chi connectivity index (χ3n) is 2.48. The molecule has 1 rings (SSSR count). The van der Waals surface area contributed by atoms with Gasteiger partial charge >= 0.3 is 0 Å². The van der Waals surface area contributed by atoms with E-state index in [2.05, 4.69) is 12.2 Å². The van der Waals surface area contributed by atoms with Crippen LogP contribution in [0.2, 0.25) is 0 Å². The molecule has 17 heavy (non-hydrogen) atoms. The molecule has 0 aliphatic rings. The maximum absolute atomic E-state index is 13.1. The van der Waals surface area contributed by atoms with Crippen molar-refractivity contribution in [3.05, 3.63) is 35.4 Å². The van der Waals surface area contributed by atoms with E-state index in [1.54, 1.807) is 6.07 Å². The van der Waals surface area contributed by atoms with E-state index in [9.17, 15) is 8.78 Å². The molecule has 0 saturated carbocycles. The Morgan fingerprint density at radius 2 is 2.00 bits per heavy atom. The molecular weight excluding hydrogens is 224 g/mol. The first-order valence-corrected chi connectivity index (χ1v) is 5.95. The second-order valence-corrected chi connectivity index (χ2v) is 3.84. The van der Waals surface area contributed by atoms with Gasteiger partial charge in [0, 0.05) is 6.61 Å². The van der Waals surface area contributed by atoms with Gasteiger partial charge in [-0.25, -0.2) is 8.78 Å². The van der Waals surface area contributed by atoms with Gasteiger partial charge in [-0.2, -0.15) is 0 Å². The highest BCUT2D eigenvalue weighted by Gasteiger charge is 2.13. The van der Waals surface area contributed by atoms with Gasteiger partial charge in [0.05, 0.1) is 12.6 Å². The molecule has 0 saturated heterocycles. The normalized spacial score (nSPS) is 12.7. The molecule has 0 heterocycles. The topological polar surface area (TPSA) is 21.3 Å². The van der Waals surface area contributed by atoms with Gasteiger partial charge in [-0.1, -0.05) is 13.0 Å². The molecular formula is C13H19F2NO. The van der Waals surface area contributed by atoms with Crippen LogP contribution in [0.15, 0.2) is 18.2 Å². The van der Waals surface area contributed by atoms with E-state index < -0.39 is 11.6 Å². The van der Waals surface area contributed by atoms with E-state index in [-0.39, 0.29) is 6.04 Å². The van der Waals surface area contributed by atoms with Crippen molar-refractivity contribution in [2.75, 3.05) is 19.8 Å². The van der Waals surface area contributed by atoms with E-state index in [0.717, 1.165) is 19.0 Å². The summed E-state index contributed by atoms with van der Waals surface area (Å²) in [6.45, 7) is 5.84. The third-order valence-corrected chi connectivity index (χ3v) is 2.48. The van der Waals surface area contributed by atoms with Crippen LogP contribution in [0.25, 0.3) is 0 Å². The molecule has 1 aromatic rings. The maximum Gasteiger partial charge on any atom is 0.159 e. The second-order valence-electron chi connectivity index (χ2n) is 3.84. The predicted molar refractivity (Wildman–Crippen MR) is 63.9 cm³/mol. The van der Waals surface area contributed by atoms with Gasteiger partial charge in [0.1, 0.15) is 0 Å². The quantitative estimate of drug-likeness (QED) is 0.794. The van der Waals surface area contributed by atoms with Crippen molar-refractivity contribution in [3.8, 4) is 0 Å². The summed E-state index contributed by atoms with van der Waals surface area (Å²) < 4.78 is 31.3. The molecule has 1 aromatic carbocycles. The van der Waals surface area contributed by atoms with Crippen molar-refractivity contribution in [1.82, 2.24) is 5.32 Å². The first-order chi connectivity index (χ1) is 8.19. The number of hydrogen-bond acceptors (Lipinski definition) is 2. The molecule has 4 heteroatoms. The van der Waals surface area contributed by atoms with E-state index in [0.29, 0.717) is 18.8 Å². The summed E-state index contributed by atoms with van der Waals surface area (Å²) in [5.74, 6) is -1.64. The van der Waals surface area contributed by atoms with Gasteiger partial charge in [0.2, 0.25) is 0 Å².